The van der Waals surface area contributed by atoms with Crippen LogP contribution in [-0.4, -0.2) is 0 Å². The quantitative estimate of drug-likeness (QED) is 0.688. The van der Waals surface area contributed by atoms with Crippen molar-refractivity contribution in [1.82, 2.24) is 0 Å². The first-order valence-electron chi connectivity index (χ1n) is 4.69. The van der Waals surface area contributed by atoms with Gasteiger partial charge in [0.15, 0.2) is 0 Å². The Kier molecular flexibility index (Phi) is 3.30. The van der Waals surface area contributed by atoms with Gasteiger partial charge in [0.05, 0.1) is 0 Å². The number of hydrogen-bond donors (Lipinski definition) is 0. The van der Waals surface area contributed by atoms with Gasteiger partial charge in [-0.1, -0.05) is 34.8 Å². The standard InChI is InChI=1S/C13H10BrN/c14-12-8-6-11(7-9-12)10-15-13-4-2-1-3-5-13/h1-10H/q-2. The maximum absolute atomic E-state index is 4.37. The summed E-state index contributed by atoms with van der Waals surface area (Å²) in [6.07, 6.45) is 9.92. The van der Waals surface area contributed by atoms with Crippen molar-refractivity contribution in [2.24, 2.45) is 0 Å². The van der Waals surface area contributed by atoms with Gasteiger partial charge in [0.2, 0.25) is 0 Å². The molecule has 0 unspecified atom stereocenters. The zero-order valence-electron chi connectivity index (χ0n) is 8.10. The Balaban J connectivity index is 1.99. The first-order chi connectivity index (χ1) is 7.34. The van der Waals surface area contributed by atoms with E-state index in [1.807, 2.05) is 61.2 Å². The number of para-hydroxylation sites is 1. The first kappa shape index (κ1) is 10.1. The molecule has 0 N–H and O–H groups in total. The molecule has 0 fully saturated rings. The fourth-order valence-corrected chi connectivity index (χ4v) is 1.48. The highest BCUT2D eigenvalue weighted by Crippen LogP contribution is 2.23. The van der Waals surface area contributed by atoms with Gasteiger partial charge in [0.25, 0.3) is 0 Å². The minimum absolute atomic E-state index is 0.973. The van der Waals surface area contributed by atoms with E-state index in [-0.39, 0.29) is 0 Å². The molecule has 1 aromatic rings. The van der Waals surface area contributed by atoms with Crippen molar-refractivity contribution in [3.05, 3.63) is 76.6 Å². The van der Waals surface area contributed by atoms with Gasteiger partial charge in [-0.2, -0.15) is 5.57 Å². The number of benzene rings is 1. The van der Waals surface area contributed by atoms with Gasteiger partial charge >= 0.3 is 0 Å². The van der Waals surface area contributed by atoms with Gasteiger partial charge in [-0.3, -0.25) is 6.20 Å². The number of halogens is 1. The molecule has 0 saturated carbocycles. The highest BCUT2D eigenvalue weighted by Gasteiger charge is 1.85. The lowest BCUT2D eigenvalue weighted by molar-refractivity contribution is 1.50. The van der Waals surface area contributed by atoms with E-state index < -0.39 is 0 Å². The normalized spacial score (nSPS) is 17.1. The second-order valence-electron chi connectivity index (χ2n) is 3.15. The Morgan fingerprint density at radius 3 is 2.60 bits per heavy atom. The van der Waals surface area contributed by atoms with E-state index in [1.165, 1.54) is 0 Å². The molecule has 1 aliphatic rings. The van der Waals surface area contributed by atoms with E-state index in [4.69, 9.17) is 0 Å². The van der Waals surface area contributed by atoms with Crippen molar-refractivity contribution < 1.29 is 0 Å². The zero-order chi connectivity index (χ0) is 10.5. The van der Waals surface area contributed by atoms with Gasteiger partial charge in [-0.05, 0) is 0 Å². The minimum atomic E-state index is 0.973. The molecular weight excluding hydrogens is 250 g/mol. The van der Waals surface area contributed by atoms with Crippen LogP contribution < -0.4 is 0 Å². The summed E-state index contributed by atoms with van der Waals surface area (Å²) in [6.45, 7) is 0. The smallest absolute Gasteiger partial charge is 0.0624 e. The average Bonchev–Trinajstić information content (AvgIpc) is 2.30. The number of hydrogen-bond acceptors (Lipinski definition) is 0. The Morgan fingerprint density at radius 2 is 1.93 bits per heavy atom. The van der Waals surface area contributed by atoms with Crippen LogP contribution in [0.25, 0.3) is 5.32 Å². The molecule has 0 aromatic heterocycles. The molecule has 1 nitrogen and oxygen atoms in total. The largest absolute Gasteiger partial charge is 0.707 e. The molecule has 2 rings (SSSR count). The lowest BCUT2D eigenvalue weighted by Crippen LogP contribution is -1.83. The third kappa shape index (κ3) is 3.03. The molecule has 15 heavy (non-hydrogen) atoms. The number of rotatable bonds is 2. The third-order valence-corrected chi connectivity index (χ3v) is 2.52. The summed E-state index contributed by atoms with van der Waals surface area (Å²) < 4.78 is 1.08. The van der Waals surface area contributed by atoms with Crippen LogP contribution in [0.15, 0.2) is 64.8 Å². The summed E-state index contributed by atoms with van der Waals surface area (Å²) in [5.74, 6) is 0. The van der Waals surface area contributed by atoms with E-state index in [0.29, 0.717) is 0 Å². The first-order valence-corrected chi connectivity index (χ1v) is 5.48. The number of nitrogens with zero attached hydrogens (tertiary/aromatic N) is 1. The molecule has 0 aliphatic heterocycles. The minimum Gasteiger partial charge on any atom is -0.707 e. The van der Waals surface area contributed by atoms with Gasteiger partial charge < -0.3 is 5.32 Å². The van der Waals surface area contributed by atoms with E-state index >= 15 is 0 Å². The van der Waals surface area contributed by atoms with Crippen molar-refractivity contribution in [1.29, 1.82) is 0 Å². The molecule has 0 atom stereocenters. The van der Waals surface area contributed by atoms with Gasteiger partial charge in [-0.15, -0.1) is 46.3 Å². The molecule has 2 heteroatoms. The summed E-state index contributed by atoms with van der Waals surface area (Å²) in [5.41, 5.74) is 2.07. The van der Waals surface area contributed by atoms with Crippen LogP contribution in [0.1, 0.15) is 0 Å². The van der Waals surface area contributed by atoms with Crippen LogP contribution in [0.4, 0.5) is 5.69 Å². The SMILES string of the molecule is BrC1=C[CH-]C(=C[N-]c2ccccc2)C=C1. The molecular formula is C13H10BrN-2. The zero-order valence-corrected chi connectivity index (χ0v) is 9.68. The van der Waals surface area contributed by atoms with Gasteiger partial charge in [0, 0.05) is 0 Å². The van der Waals surface area contributed by atoms with Gasteiger partial charge in [0.1, 0.15) is 0 Å². The predicted octanol–water partition coefficient (Wildman–Crippen LogP) is 4.63. The van der Waals surface area contributed by atoms with E-state index in [2.05, 4.69) is 21.2 Å². The second kappa shape index (κ2) is 4.89. The van der Waals surface area contributed by atoms with E-state index in [1.54, 1.807) is 0 Å². The lowest BCUT2D eigenvalue weighted by Gasteiger charge is -2.24. The van der Waals surface area contributed by atoms with Crippen molar-refractivity contribution in [2.75, 3.05) is 0 Å². The third-order valence-electron chi connectivity index (χ3n) is 1.99. The van der Waals surface area contributed by atoms with Crippen LogP contribution in [0.5, 0.6) is 0 Å². The molecule has 0 bridgehead atoms. The Morgan fingerprint density at radius 1 is 1.13 bits per heavy atom. The summed E-state index contributed by atoms with van der Waals surface area (Å²) in [4.78, 5) is 0. The molecule has 1 aliphatic carbocycles. The molecule has 0 saturated heterocycles. The molecule has 1 aromatic carbocycles. The van der Waals surface area contributed by atoms with Crippen molar-refractivity contribution >= 4 is 21.6 Å². The summed E-state index contributed by atoms with van der Waals surface area (Å²) in [5, 5.41) is 4.37. The van der Waals surface area contributed by atoms with E-state index in [9.17, 15) is 0 Å². The molecule has 0 radical (unpaired) electrons. The lowest BCUT2D eigenvalue weighted by atomic mass is 10.1. The molecule has 0 spiro atoms. The average molecular weight is 260 g/mol. The second-order valence-corrected chi connectivity index (χ2v) is 4.06. The van der Waals surface area contributed by atoms with Crippen molar-refractivity contribution in [3.63, 3.8) is 0 Å². The van der Waals surface area contributed by atoms with Crippen LogP contribution in [0.2, 0.25) is 0 Å². The van der Waals surface area contributed by atoms with Crippen molar-refractivity contribution in [2.45, 2.75) is 0 Å². The maximum Gasteiger partial charge on any atom is -0.0624 e. The monoisotopic (exact) mass is 259 g/mol. The fraction of sp³-hybridized carbons (Fsp3) is 0. The molecule has 0 heterocycles. The maximum atomic E-state index is 4.37. The Bertz CT molecular complexity index is 415. The van der Waals surface area contributed by atoms with E-state index in [0.717, 1.165) is 15.7 Å². The van der Waals surface area contributed by atoms with Crippen LogP contribution in [0, 0.1) is 6.42 Å². The number of allylic oxidation sites excluding steroid dienone is 5. The molecule has 76 valence electrons. The summed E-state index contributed by atoms with van der Waals surface area (Å²) >= 11 is 3.40. The van der Waals surface area contributed by atoms with Crippen LogP contribution in [0.3, 0.4) is 0 Å². The fourth-order valence-electron chi connectivity index (χ4n) is 1.21. The topological polar surface area (TPSA) is 14.1 Å². The predicted molar refractivity (Wildman–Crippen MR) is 68.0 cm³/mol. The van der Waals surface area contributed by atoms with Crippen LogP contribution >= 0.6 is 15.9 Å². The Labute approximate surface area is 98.3 Å². The highest BCUT2D eigenvalue weighted by atomic mass is 79.9. The van der Waals surface area contributed by atoms with Gasteiger partial charge in [-0.25, -0.2) is 0 Å². The molecule has 0 amide bonds. The Hall–Kier alpha value is -1.41. The van der Waals surface area contributed by atoms with Crippen molar-refractivity contribution in [3.8, 4) is 0 Å². The summed E-state index contributed by atoms with van der Waals surface area (Å²) in [7, 11) is 0. The van der Waals surface area contributed by atoms with Crippen LogP contribution in [-0.2, 0) is 0 Å². The highest BCUT2D eigenvalue weighted by molar-refractivity contribution is 9.11. The summed E-state index contributed by atoms with van der Waals surface area (Å²) in [6, 6.07) is 9.91.